The van der Waals surface area contributed by atoms with Gasteiger partial charge < -0.3 is 9.64 Å². The highest BCUT2D eigenvalue weighted by Gasteiger charge is 2.41. The maximum absolute atomic E-state index is 13.0. The van der Waals surface area contributed by atoms with Gasteiger partial charge in [-0.05, 0) is 51.3 Å². The van der Waals surface area contributed by atoms with Gasteiger partial charge in [-0.1, -0.05) is 6.07 Å². The molecule has 1 saturated carbocycles. The van der Waals surface area contributed by atoms with Crippen molar-refractivity contribution in [1.82, 2.24) is 9.78 Å². The number of hydrogen-bond acceptors (Lipinski definition) is 5. The summed E-state index contributed by atoms with van der Waals surface area (Å²) in [5, 5.41) is 13.1. The van der Waals surface area contributed by atoms with Crippen LogP contribution in [0, 0.1) is 17.2 Å². The van der Waals surface area contributed by atoms with Gasteiger partial charge in [0.1, 0.15) is 6.54 Å². The molecule has 156 valence electrons. The van der Waals surface area contributed by atoms with Crippen molar-refractivity contribution in [3.63, 3.8) is 0 Å². The first-order valence-electron chi connectivity index (χ1n) is 10.2. The Balaban J connectivity index is 1.76. The molecule has 1 atom stereocenters. The molecular formula is C22H25N5O3. The first-order valence-corrected chi connectivity index (χ1v) is 10.2. The largest absolute Gasteiger partial charge is 0.446 e. The van der Waals surface area contributed by atoms with Gasteiger partial charge in [0.05, 0.1) is 35.8 Å². The Morgan fingerprint density at radius 3 is 2.70 bits per heavy atom. The fraction of sp³-hybridized carbons (Fsp3) is 0.455. The summed E-state index contributed by atoms with van der Waals surface area (Å²) in [6, 6.07) is 7.62. The summed E-state index contributed by atoms with van der Waals surface area (Å²) in [5.41, 5.74) is 3.07. The van der Waals surface area contributed by atoms with Gasteiger partial charge in [0.25, 0.3) is 0 Å². The van der Waals surface area contributed by atoms with E-state index in [9.17, 15) is 9.59 Å². The maximum atomic E-state index is 13.0. The summed E-state index contributed by atoms with van der Waals surface area (Å²) in [7, 11) is 0. The molecule has 1 aliphatic heterocycles. The highest BCUT2D eigenvalue weighted by molar-refractivity contribution is 6.05. The van der Waals surface area contributed by atoms with Crippen LogP contribution >= 0.6 is 0 Å². The van der Waals surface area contributed by atoms with Gasteiger partial charge in [-0.3, -0.25) is 14.4 Å². The molecule has 30 heavy (non-hydrogen) atoms. The zero-order chi connectivity index (χ0) is 21.4. The number of nitriles is 1. The number of hydrogen-bond donors (Lipinski definition) is 0. The van der Waals surface area contributed by atoms with Crippen molar-refractivity contribution in [1.29, 1.82) is 5.26 Å². The molecule has 8 nitrogen and oxygen atoms in total. The number of amides is 2. The number of fused-ring (bicyclic) bond motifs is 1. The maximum Gasteiger partial charge on any atom is 0.414 e. The summed E-state index contributed by atoms with van der Waals surface area (Å²) in [6.07, 6.45) is 4.66. The zero-order valence-corrected chi connectivity index (χ0v) is 17.4. The van der Waals surface area contributed by atoms with Crippen LogP contribution in [0.4, 0.5) is 16.2 Å². The molecule has 2 amide bonds. The molecular weight excluding hydrogens is 382 g/mol. The lowest BCUT2D eigenvalue weighted by molar-refractivity contribution is -0.120. The SMILES string of the molecule is CC(C)OC(=O)N1C[C@H](C)N(C(=O)C2CC2)c2ccc(-c3cnn(CC#N)c3)cc21. The molecule has 0 N–H and O–H groups in total. The Kier molecular flexibility index (Phi) is 5.20. The minimum Gasteiger partial charge on any atom is -0.446 e. The van der Waals surface area contributed by atoms with Gasteiger partial charge in [0.15, 0.2) is 0 Å². The number of carbonyl (C=O) groups excluding carboxylic acids is 2. The average molecular weight is 407 g/mol. The van der Waals surface area contributed by atoms with Crippen LogP contribution in [0.2, 0.25) is 0 Å². The smallest absolute Gasteiger partial charge is 0.414 e. The summed E-state index contributed by atoms with van der Waals surface area (Å²) in [4.78, 5) is 29.2. The van der Waals surface area contributed by atoms with Gasteiger partial charge in [0.2, 0.25) is 5.91 Å². The molecule has 0 unspecified atom stereocenters. The van der Waals surface area contributed by atoms with Gasteiger partial charge in [-0.2, -0.15) is 10.4 Å². The molecule has 8 heteroatoms. The molecule has 2 aliphatic rings. The third-order valence-electron chi connectivity index (χ3n) is 5.33. The second kappa shape index (κ2) is 7.82. The van der Waals surface area contributed by atoms with Crippen molar-refractivity contribution >= 4 is 23.4 Å². The Morgan fingerprint density at radius 2 is 2.03 bits per heavy atom. The van der Waals surface area contributed by atoms with E-state index in [1.165, 1.54) is 0 Å². The third-order valence-corrected chi connectivity index (χ3v) is 5.33. The monoisotopic (exact) mass is 407 g/mol. The van der Waals surface area contributed by atoms with Crippen molar-refractivity contribution in [2.24, 2.45) is 5.92 Å². The summed E-state index contributed by atoms with van der Waals surface area (Å²) < 4.78 is 7.02. The predicted octanol–water partition coefficient (Wildman–Crippen LogP) is 3.57. The van der Waals surface area contributed by atoms with Crippen molar-refractivity contribution < 1.29 is 14.3 Å². The first-order chi connectivity index (χ1) is 14.4. The van der Waals surface area contributed by atoms with Crippen LogP contribution in [0.1, 0.15) is 33.6 Å². The number of ether oxygens (including phenoxy) is 1. The standard InChI is InChI=1S/C22H25N5O3/c1-14(2)30-22(29)26-12-15(3)27(21(28)16-4-5-16)19-7-6-17(10-20(19)26)18-11-24-25(13-18)9-8-23/h6-7,10-11,13-16H,4-5,9,12H2,1-3H3/t15-/m0/s1. The van der Waals surface area contributed by atoms with E-state index in [4.69, 9.17) is 10.00 Å². The minimum absolute atomic E-state index is 0.0818. The molecule has 4 rings (SSSR count). The highest BCUT2D eigenvalue weighted by atomic mass is 16.6. The van der Waals surface area contributed by atoms with Crippen molar-refractivity contribution in [3.8, 4) is 17.2 Å². The van der Waals surface area contributed by atoms with E-state index in [1.54, 1.807) is 22.0 Å². The van der Waals surface area contributed by atoms with Crippen molar-refractivity contribution in [2.45, 2.75) is 52.3 Å². The lowest BCUT2D eigenvalue weighted by Gasteiger charge is -2.41. The first kappa shape index (κ1) is 20.0. The normalized spacial score (nSPS) is 18.2. The lowest BCUT2D eigenvalue weighted by Crippen LogP contribution is -2.52. The van der Waals surface area contributed by atoms with Crippen LogP contribution in [0.25, 0.3) is 11.1 Å². The molecule has 0 bridgehead atoms. The van der Waals surface area contributed by atoms with Gasteiger partial charge in [-0.15, -0.1) is 0 Å². The van der Waals surface area contributed by atoms with Gasteiger partial charge in [0, 0.05) is 24.2 Å². The Bertz CT molecular complexity index is 1020. The van der Waals surface area contributed by atoms with Crippen molar-refractivity contribution in [3.05, 3.63) is 30.6 Å². The Labute approximate surface area is 175 Å². The zero-order valence-electron chi connectivity index (χ0n) is 17.4. The molecule has 0 spiro atoms. The van der Waals surface area contributed by atoms with Crippen LogP contribution < -0.4 is 9.80 Å². The van der Waals surface area contributed by atoms with E-state index in [-0.39, 0.29) is 30.5 Å². The third kappa shape index (κ3) is 3.75. The summed E-state index contributed by atoms with van der Waals surface area (Å²) in [5.74, 6) is 0.202. The lowest BCUT2D eigenvalue weighted by atomic mass is 10.0. The van der Waals surface area contributed by atoms with Crippen LogP contribution in [0.5, 0.6) is 0 Å². The molecule has 2 aromatic rings. The number of aromatic nitrogens is 2. The van der Waals surface area contributed by atoms with E-state index >= 15 is 0 Å². The minimum atomic E-state index is -0.422. The second-order valence-corrected chi connectivity index (χ2v) is 8.16. The molecule has 1 aromatic carbocycles. The van der Waals surface area contributed by atoms with Gasteiger partial charge >= 0.3 is 6.09 Å². The predicted molar refractivity (Wildman–Crippen MR) is 112 cm³/mol. The van der Waals surface area contributed by atoms with Gasteiger partial charge in [-0.25, -0.2) is 4.79 Å². The highest BCUT2D eigenvalue weighted by Crippen LogP contribution is 2.42. The molecule has 0 saturated heterocycles. The fourth-order valence-electron chi connectivity index (χ4n) is 3.78. The van der Waals surface area contributed by atoms with Crippen molar-refractivity contribution in [2.75, 3.05) is 16.3 Å². The summed E-state index contributed by atoms with van der Waals surface area (Å²) >= 11 is 0. The van der Waals surface area contributed by atoms with E-state index in [1.807, 2.05) is 43.9 Å². The molecule has 1 aliphatic carbocycles. The summed E-state index contributed by atoms with van der Waals surface area (Å²) in [6.45, 7) is 6.12. The molecule has 2 heterocycles. The fourth-order valence-corrected chi connectivity index (χ4v) is 3.78. The van der Waals surface area contributed by atoms with Crippen LogP contribution in [-0.2, 0) is 16.1 Å². The number of carbonyl (C=O) groups is 2. The molecule has 0 radical (unpaired) electrons. The van der Waals surface area contributed by atoms with E-state index in [0.29, 0.717) is 12.2 Å². The Hall–Kier alpha value is -3.34. The average Bonchev–Trinajstić information content (AvgIpc) is 3.45. The quantitative estimate of drug-likeness (QED) is 0.773. The molecule has 1 fully saturated rings. The number of rotatable bonds is 4. The Morgan fingerprint density at radius 1 is 1.27 bits per heavy atom. The van der Waals surface area contributed by atoms with E-state index < -0.39 is 6.09 Å². The number of benzene rings is 1. The van der Waals surface area contributed by atoms with E-state index in [0.717, 1.165) is 29.7 Å². The number of nitrogens with zero attached hydrogens (tertiary/aromatic N) is 5. The van der Waals surface area contributed by atoms with Crippen LogP contribution in [-0.4, -0.2) is 40.5 Å². The second-order valence-electron chi connectivity index (χ2n) is 8.16. The van der Waals surface area contributed by atoms with Crippen LogP contribution in [0.3, 0.4) is 0 Å². The molecule has 1 aromatic heterocycles. The topological polar surface area (TPSA) is 91.5 Å². The van der Waals surface area contributed by atoms with E-state index in [2.05, 4.69) is 11.2 Å². The van der Waals surface area contributed by atoms with Crippen LogP contribution in [0.15, 0.2) is 30.6 Å². The number of anilines is 2.